The number of carbonyl (C=O) groups is 1. The molecule has 3 aromatic carbocycles. The summed E-state index contributed by atoms with van der Waals surface area (Å²) in [6.45, 7) is 2.65. The van der Waals surface area contributed by atoms with Gasteiger partial charge in [0.1, 0.15) is 18.0 Å². The number of pyridine rings is 1. The van der Waals surface area contributed by atoms with Gasteiger partial charge < -0.3 is 15.4 Å². The Labute approximate surface area is 187 Å². The number of amides is 1. The van der Waals surface area contributed by atoms with Crippen LogP contribution in [-0.4, -0.2) is 11.9 Å². The topological polar surface area (TPSA) is 69.1 Å². The number of carbonyl (C=O) groups excluding carboxylic acids is 1. The number of nitrogens with two attached hydrogens (primary N) is 1. The Morgan fingerprint density at radius 3 is 2.94 bits per heavy atom. The summed E-state index contributed by atoms with van der Waals surface area (Å²) in [5.41, 5.74) is 5.03. The van der Waals surface area contributed by atoms with Gasteiger partial charge in [0.05, 0.1) is 11.6 Å². The number of quaternary nitrogens is 1. The average molecular weight is 426 g/mol. The molecule has 0 aliphatic carbocycles. The van der Waals surface area contributed by atoms with Crippen LogP contribution in [0.2, 0.25) is 0 Å². The number of nitrogens with one attached hydrogen (secondary N) is 2. The number of benzene rings is 3. The summed E-state index contributed by atoms with van der Waals surface area (Å²) in [4.78, 5) is 16.0. The van der Waals surface area contributed by atoms with Crippen molar-refractivity contribution in [1.82, 2.24) is 0 Å². The molecule has 1 unspecified atom stereocenters. The molecule has 4 aromatic rings. The first-order valence-corrected chi connectivity index (χ1v) is 11.1. The van der Waals surface area contributed by atoms with Gasteiger partial charge in [0, 0.05) is 40.1 Å². The molecule has 5 nitrogen and oxygen atoms in total. The second-order valence-corrected chi connectivity index (χ2v) is 8.43. The van der Waals surface area contributed by atoms with Crippen molar-refractivity contribution in [2.24, 2.45) is 0 Å². The van der Waals surface area contributed by atoms with Crippen LogP contribution in [0.5, 0.6) is 5.75 Å². The van der Waals surface area contributed by atoms with Crippen LogP contribution in [0, 0.1) is 0 Å². The fourth-order valence-electron chi connectivity index (χ4n) is 4.26. The van der Waals surface area contributed by atoms with Gasteiger partial charge >= 0.3 is 0 Å². The molecular weight excluding hydrogens is 398 g/mol. The summed E-state index contributed by atoms with van der Waals surface area (Å²) in [6, 6.07) is 22.3. The number of fused-ring (bicyclic) bond motifs is 2. The van der Waals surface area contributed by atoms with Crippen molar-refractivity contribution in [2.75, 3.05) is 5.32 Å². The van der Waals surface area contributed by atoms with E-state index in [1.165, 1.54) is 17.7 Å². The number of aryl methyl sites for hydroxylation is 1. The Morgan fingerprint density at radius 1 is 1.09 bits per heavy atom. The molecule has 1 amide bonds. The number of ether oxygens (including phenoxy) is 1. The summed E-state index contributed by atoms with van der Waals surface area (Å²) >= 11 is 0. The molecule has 0 saturated heterocycles. The fourth-order valence-corrected chi connectivity index (χ4v) is 4.26. The molecule has 160 valence electrons. The van der Waals surface area contributed by atoms with Crippen molar-refractivity contribution in [1.29, 1.82) is 0 Å². The van der Waals surface area contributed by atoms with Crippen LogP contribution in [0.25, 0.3) is 10.8 Å². The van der Waals surface area contributed by atoms with Gasteiger partial charge in [-0.2, -0.15) is 0 Å². The molecule has 5 heteroatoms. The minimum atomic E-state index is -0.141. The number of H-pyrrole nitrogens is 1. The summed E-state index contributed by atoms with van der Waals surface area (Å²) in [5.74, 6) is 0.524. The van der Waals surface area contributed by atoms with Crippen molar-refractivity contribution >= 4 is 28.1 Å². The van der Waals surface area contributed by atoms with E-state index in [9.17, 15) is 4.79 Å². The Balaban J connectivity index is 1.28. The number of hydrogen-bond acceptors (Lipinski definition) is 2. The van der Waals surface area contributed by atoms with Gasteiger partial charge in [0.25, 0.3) is 5.91 Å². The zero-order valence-electron chi connectivity index (χ0n) is 18.1. The number of aromatic nitrogens is 1. The molecule has 1 aromatic heterocycles. The molecule has 0 radical (unpaired) electrons. The smallest absolute Gasteiger partial charge is 0.255 e. The van der Waals surface area contributed by atoms with Gasteiger partial charge in [-0.05, 0) is 43.7 Å². The van der Waals surface area contributed by atoms with E-state index in [-0.39, 0.29) is 5.91 Å². The van der Waals surface area contributed by atoms with Crippen LogP contribution >= 0.6 is 0 Å². The minimum Gasteiger partial charge on any atom is -0.489 e. The second kappa shape index (κ2) is 8.81. The first kappa shape index (κ1) is 20.2. The lowest BCUT2D eigenvalue weighted by Crippen LogP contribution is -2.85. The molecule has 4 N–H and O–H groups in total. The van der Waals surface area contributed by atoms with Crippen LogP contribution in [0.3, 0.4) is 0 Å². The number of anilines is 1. The fraction of sp³-hybridized carbons (Fsp3) is 0.185. The Bertz CT molecular complexity index is 1280. The lowest BCUT2D eigenvalue weighted by molar-refractivity contribution is -0.612. The maximum Gasteiger partial charge on any atom is 0.255 e. The van der Waals surface area contributed by atoms with Gasteiger partial charge in [-0.25, -0.2) is 4.98 Å². The summed E-state index contributed by atoms with van der Waals surface area (Å²) in [7, 11) is 0. The summed E-state index contributed by atoms with van der Waals surface area (Å²) in [6.07, 6.45) is 6.20. The third-order valence-corrected chi connectivity index (χ3v) is 6.03. The number of hydrogen-bond donors (Lipinski definition) is 2. The summed E-state index contributed by atoms with van der Waals surface area (Å²) in [5, 5.41) is 7.60. The van der Waals surface area contributed by atoms with Crippen molar-refractivity contribution < 1.29 is 19.8 Å². The van der Waals surface area contributed by atoms with Crippen LogP contribution in [0.1, 0.15) is 34.8 Å². The predicted octanol–water partition coefficient (Wildman–Crippen LogP) is 4.01. The molecule has 0 bridgehead atoms. The standard InChI is InChI=1S/C27H25N3O2/c1-18-9-10-19-11-12-23(14-26(19)29-18)30-27(31)20-6-4-7-24(13-20)32-17-22-16-28-15-21-5-2-3-8-25(21)22/h2-8,11-16,18,29H,9-10,17H2,1H3,(H,30,31)/p+2. The van der Waals surface area contributed by atoms with Gasteiger partial charge in [-0.1, -0.05) is 30.3 Å². The van der Waals surface area contributed by atoms with Crippen LogP contribution in [0.15, 0.2) is 79.1 Å². The number of aromatic amines is 1. The quantitative estimate of drug-likeness (QED) is 0.474. The van der Waals surface area contributed by atoms with E-state index in [2.05, 4.69) is 46.8 Å². The molecule has 32 heavy (non-hydrogen) atoms. The van der Waals surface area contributed by atoms with Crippen molar-refractivity contribution in [2.45, 2.75) is 32.4 Å². The molecule has 2 heterocycles. The molecular formula is C27H27N3O2+2. The first-order valence-electron chi connectivity index (χ1n) is 11.1. The monoisotopic (exact) mass is 425 g/mol. The normalized spacial score (nSPS) is 15.2. The van der Waals surface area contributed by atoms with Crippen molar-refractivity contribution in [3.05, 3.63) is 95.8 Å². The highest BCUT2D eigenvalue weighted by Gasteiger charge is 2.19. The second-order valence-electron chi connectivity index (χ2n) is 8.43. The third-order valence-electron chi connectivity index (χ3n) is 6.03. The maximum absolute atomic E-state index is 12.9. The lowest BCUT2D eigenvalue weighted by Gasteiger charge is -2.20. The molecule has 5 rings (SSSR count). The molecule has 0 saturated carbocycles. The van der Waals surface area contributed by atoms with Gasteiger partial charge in [-0.15, -0.1) is 0 Å². The highest BCUT2D eigenvalue weighted by Crippen LogP contribution is 2.23. The maximum atomic E-state index is 12.9. The SMILES string of the molecule is CC1CCc2ccc(NC(=O)c3cccc(OCc4c[nH+]cc5ccccc45)c3)cc2[NH2+]1. The van der Waals surface area contributed by atoms with E-state index in [4.69, 9.17) is 4.74 Å². The van der Waals surface area contributed by atoms with E-state index < -0.39 is 0 Å². The van der Waals surface area contributed by atoms with Crippen LogP contribution in [-0.2, 0) is 13.0 Å². The molecule has 0 spiro atoms. The van der Waals surface area contributed by atoms with E-state index in [0.29, 0.717) is 24.0 Å². The predicted molar refractivity (Wildman–Crippen MR) is 125 cm³/mol. The lowest BCUT2D eigenvalue weighted by atomic mass is 9.98. The largest absolute Gasteiger partial charge is 0.489 e. The van der Waals surface area contributed by atoms with E-state index in [0.717, 1.165) is 28.4 Å². The van der Waals surface area contributed by atoms with Gasteiger partial charge in [-0.3, -0.25) is 4.79 Å². The van der Waals surface area contributed by atoms with E-state index in [1.807, 2.05) is 42.7 Å². The summed E-state index contributed by atoms with van der Waals surface area (Å²) < 4.78 is 6.02. The van der Waals surface area contributed by atoms with E-state index >= 15 is 0 Å². The Morgan fingerprint density at radius 2 is 2.00 bits per heavy atom. The highest BCUT2D eigenvalue weighted by atomic mass is 16.5. The van der Waals surface area contributed by atoms with Crippen molar-refractivity contribution in [3.8, 4) is 5.75 Å². The Hall–Kier alpha value is -3.70. The average Bonchev–Trinajstić information content (AvgIpc) is 2.82. The third kappa shape index (κ3) is 4.34. The van der Waals surface area contributed by atoms with Crippen LogP contribution in [0.4, 0.5) is 11.4 Å². The molecule has 1 atom stereocenters. The van der Waals surface area contributed by atoms with Gasteiger partial charge in [0.15, 0.2) is 12.4 Å². The zero-order valence-corrected chi connectivity index (χ0v) is 18.1. The molecule has 1 aliphatic heterocycles. The van der Waals surface area contributed by atoms with Crippen LogP contribution < -0.4 is 20.4 Å². The van der Waals surface area contributed by atoms with E-state index in [1.54, 1.807) is 12.1 Å². The number of rotatable bonds is 5. The minimum absolute atomic E-state index is 0.141. The van der Waals surface area contributed by atoms with Gasteiger partial charge in [0.2, 0.25) is 0 Å². The molecule has 1 aliphatic rings. The first-order chi connectivity index (χ1) is 15.7. The zero-order chi connectivity index (χ0) is 21.9. The molecule has 0 fully saturated rings. The Kier molecular flexibility index (Phi) is 5.57. The highest BCUT2D eigenvalue weighted by molar-refractivity contribution is 6.04. The van der Waals surface area contributed by atoms with Crippen molar-refractivity contribution in [3.63, 3.8) is 0 Å².